The fourth-order valence-electron chi connectivity index (χ4n) is 1.10. The first-order valence-electron chi connectivity index (χ1n) is 5.47. The molecule has 0 aromatic heterocycles. The maximum Gasteiger partial charge on any atom is 0.135 e. The topological polar surface area (TPSA) is 21.6 Å². The van der Waals surface area contributed by atoms with Crippen molar-refractivity contribution in [1.29, 1.82) is 0 Å². The third-order valence-electron chi connectivity index (χ3n) is 1.93. The van der Waals surface area contributed by atoms with Gasteiger partial charge in [-0.3, -0.25) is 0 Å². The Morgan fingerprint density at radius 3 is 2.07 bits per heavy atom. The summed E-state index contributed by atoms with van der Waals surface area (Å²) < 4.78 is 0. The maximum absolute atomic E-state index is 5.19. The standard InChI is InChI=1S/C13H25NO/c1-8-9-15-14-11(13(5,6)7)10-12(2,3)4/h8H,1,9-10H2,2-7H3. The predicted molar refractivity (Wildman–Crippen MR) is 67.1 cm³/mol. The molecule has 0 aliphatic rings. The molecule has 2 nitrogen and oxygen atoms in total. The first-order chi connectivity index (χ1) is 6.67. The molecule has 0 N–H and O–H groups in total. The van der Waals surface area contributed by atoms with Gasteiger partial charge in [-0.25, -0.2) is 0 Å². The van der Waals surface area contributed by atoms with E-state index in [1.54, 1.807) is 6.08 Å². The average Bonchev–Trinajstić information content (AvgIpc) is 1.99. The highest BCUT2D eigenvalue weighted by molar-refractivity contribution is 5.89. The van der Waals surface area contributed by atoms with Gasteiger partial charge < -0.3 is 4.84 Å². The summed E-state index contributed by atoms with van der Waals surface area (Å²) in [4.78, 5) is 5.19. The van der Waals surface area contributed by atoms with Crippen molar-refractivity contribution >= 4 is 5.71 Å². The zero-order valence-electron chi connectivity index (χ0n) is 11.1. The Morgan fingerprint density at radius 1 is 1.20 bits per heavy atom. The molecule has 0 saturated carbocycles. The zero-order valence-corrected chi connectivity index (χ0v) is 11.1. The van der Waals surface area contributed by atoms with Crippen LogP contribution in [-0.4, -0.2) is 12.3 Å². The second-order valence-electron chi connectivity index (χ2n) is 6.11. The van der Waals surface area contributed by atoms with Gasteiger partial charge in [0.1, 0.15) is 6.61 Å². The number of oxime groups is 1. The van der Waals surface area contributed by atoms with Crippen LogP contribution in [0.25, 0.3) is 0 Å². The van der Waals surface area contributed by atoms with Gasteiger partial charge >= 0.3 is 0 Å². The van der Waals surface area contributed by atoms with Gasteiger partial charge in [-0.05, 0) is 11.8 Å². The molecule has 0 amide bonds. The van der Waals surface area contributed by atoms with E-state index in [4.69, 9.17) is 4.84 Å². The quantitative estimate of drug-likeness (QED) is 0.298. The van der Waals surface area contributed by atoms with Gasteiger partial charge in [0, 0.05) is 5.41 Å². The van der Waals surface area contributed by atoms with Gasteiger partial charge in [0.15, 0.2) is 0 Å². The molecular formula is C13H25NO. The summed E-state index contributed by atoms with van der Waals surface area (Å²) in [6.07, 6.45) is 2.66. The molecule has 0 heterocycles. The molecule has 0 radical (unpaired) electrons. The third-order valence-corrected chi connectivity index (χ3v) is 1.93. The van der Waals surface area contributed by atoms with E-state index >= 15 is 0 Å². The van der Waals surface area contributed by atoms with Crippen LogP contribution in [0.4, 0.5) is 0 Å². The Kier molecular flexibility index (Phi) is 5.06. The highest BCUT2D eigenvalue weighted by Gasteiger charge is 2.25. The van der Waals surface area contributed by atoms with Crippen molar-refractivity contribution in [2.24, 2.45) is 16.0 Å². The van der Waals surface area contributed by atoms with Crippen molar-refractivity contribution < 1.29 is 4.84 Å². The van der Waals surface area contributed by atoms with Gasteiger partial charge in [-0.2, -0.15) is 0 Å². The lowest BCUT2D eigenvalue weighted by Crippen LogP contribution is -2.26. The summed E-state index contributed by atoms with van der Waals surface area (Å²) in [6.45, 7) is 17.2. The molecule has 0 saturated heterocycles. The first-order valence-corrected chi connectivity index (χ1v) is 5.47. The van der Waals surface area contributed by atoms with Crippen molar-refractivity contribution in [3.8, 4) is 0 Å². The van der Waals surface area contributed by atoms with Crippen LogP contribution in [0.1, 0.15) is 48.0 Å². The smallest absolute Gasteiger partial charge is 0.135 e. The van der Waals surface area contributed by atoms with Crippen molar-refractivity contribution in [3.63, 3.8) is 0 Å². The minimum absolute atomic E-state index is 0.0639. The van der Waals surface area contributed by atoms with Crippen molar-refractivity contribution in [2.45, 2.75) is 48.0 Å². The van der Waals surface area contributed by atoms with E-state index in [-0.39, 0.29) is 10.8 Å². The van der Waals surface area contributed by atoms with Gasteiger partial charge in [-0.1, -0.05) is 59.4 Å². The largest absolute Gasteiger partial charge is 0.392 e. The van der Waals surface area contributed by atoms with E-state index in [9.17, 15) is 0 Å². The Balaban J connectivity index is 4.60. The van der Waals surface area contributed by atoms with E-state index < -0.39 is 0 Å². The Bertz CT molecular complexity index is 228. The van der Waals surface area contributed by atoms with E-state index in [0.717, 1.165) is 12.1 Å². The predicted octanol–water partition coefficient (Wildman–Crippen LogP) is 4.03. The monoisotopic (exact) mass is 211 g/mol. The summed E-state index contributed by atoms with van der Waals surface area (Å²) in [6, 6.07) is 0. The average molecular weight is 211 g/mol. The molecule has 0 aliphatic carbocycles. The van der Waals surface area contributed by atoms with E-state index in [2.05, 4.69) is 53.3 Å². The van der Waals surface area contributed by atoms with E-state index in [1.165, 1.54) is 0 Å². The van der Waals surface area contributed by atoms with Crippen LogP contribution in [0.5, 0.6) is 0 Å². The molecular weight excluding hydrogens is 186 g/mol. The molecule has 2 heteroatoms. The molecule has 0 rings (SSSR count). The third kappa shape index (κ3) is 7.18. The highest BCUT2D eigenvalue weighted by Crippen LogP contribution is 2.27. The van der Waals surface area contributed by atoms with Crippen molar-refractivity contribution in [1.82, 2.24) is 0 Å². The molecule has 88 valence electrons. The minimum atomic E-state index is 0.0639. The lowest BCUT2D eigenvalue weighted by Gasteiger charge is -2.27. The fraction of sp³-hybridized carbons (Fsp3) is 0.769. The Labute approximate surface area is 94.4 Å². The minimum Gasteiger partial charge on any atom is -0.392 e. The van der Waals surface area contributed by atoms with Crippen molar-refractivity contribution in [2.75, 3.05) is 6.61 Å². The normalized spacial score (nSPS) is 13.9. The molecule has 15 heavy (non-hydrogen) atoms. The molecule has 0 spiro atoms. The second kappa shape index (κ2) is 5.34. The van der Waals surface area contributed by atoms with Crippen molar-refractivity contribution in [3.05, 3.63) is 12.7 Å². The van der Waals surface area contributed by atoms with Crippen LogP contribution in [0.15, 0.2) is 17.8 Å². The fourth-order valence-corrected chi connectivity index (χ4v) is 1.10. The SMILES string of the molecule is C=CCON=C(CC(C)(C)C)C(C)(C)C. The molecule has 0 bridgehead atoms. The Morgan fingerprint density at radius 2 is 1.73 bits per heavy atom. The highest BCUT2D eigenvalue weighted by atomic mass is 16.6. The van der Waals surface area contributed by atoms with Gasteiger partial charge in [0.2, 0.25) is 0 Å². The number of nitrogens with zero attached hydrogens (tertiary/aromatic N) is 1. The van der Waals surface area contributed by atoms with Gasteiger partial charge in [0.25, 0.3) is 0 Å². The number of hydrogen-bond acceptors (Lipinski definition) is 2. The maximum atomic E-state index is 5.19. The summed E-state index contributed by atoms with van der Waals surface area (Å²) >= 11 is 0. The molecule has 0 aliphatic heterocycles. The van der Waals surface area contributed by atoms with Gasteiger partial charge in [0.05, 0.1) is 5.71 Å². The summed E-state index contributed by atoms with van der Waals surface area (Å²) in [5, 5.41) is 4.22. The Hall–Kier alpha value is -0.790. The van der Waals surface area contributed by atoms with E-state index in [1.807, 2.05) is 0 Å². The van der Waals surface area contributed by atoms with Crippen LogP contribution in [0.3, 0.4) is 0 Å². The summed E-state index contributed by atoms with van der Waals surface area (Å²) in [5.41, 5.74) is 1.41. The second-order valence-corrected chi connectivity index (χ2v) is 6.11. The molecule has 0 aromatic carbocycles. The number of hydrogen-bond donors (Lipinski definition) is 0. The molecule has 0 fully saturated rings. The van der Waals surface area contributed by atoms with Gasteiger partial charge in [-0.15, -0.1) is 0 Å². The summed E-state index contributed by atoms with van der Waals surface area (Å²) in [7, 11) is 0. The molecule has 0 atom stereocenters. The van der Waals surface area contributed by atoms with Crippen LogP contribution in [-0.2, 0) is 4.84 Å². The van der Waals surface area contributed by atoms with Crippen LogP contribution in [0.2, 0.25) is 0 Å². The van der Waals surface area contributed by atoms with E-state index in [0.29, 0.717) is 6.61 Å². The van der Waals surface area contributed by atoms with Crippen LogP contribution < -0.4 is 0 Å². The molecule has 0 aromatic rings. The zero-order chi connectivity index (χ0) is 12.1. The van der Waals surface area contributed by atoms with Crippen LogP contribution >= 0.6 is 0 Å². The summed E-state index contributed by atoms with van der Waals surface area (Å²) in [5.74, 6) is 0. The first kappa shape index (κ1) is 14.2. The lowest BCUT2D eigenvalue weighted by molar-refractivity contribution is 0.168. The molecule has 0 unspecified atom stereocenters. The number of rotatable bonds is 4. The van der Waals surface area contributed by atoms with Crippen LogP contribution in [0, 0.1) is 10.8 Å². The lowest BCUT2D eigenvalue weighted by atomic mass is 9.79.